The van der Waals surface area contributed by atoms with Crippen LogP contribution in [0.15, 0.2) is 0 Å². The van der Waals surface area contributed by atoms with Crippen molar-refractivity contribution in [3.8, 4) is 0 Å². The highest BCUT2D eigenvalue weighted by molar-refractivity contribution is 5.77. The molecule has 102 valence electrons. The molecule has 3 N–H and O–H groups in total. The number of nitrogens with two attached hydrogens (primary N) is 1. The van der Waals surface area contributed by atoms with Gasteiger partial charge in [-0.15, -0.1) is 0 Å². The first-order valence-electron chi connectivity index (χ1n) is 6.29. The van der Waals surface area contributed by atoms with Crippen molar-refractivity contribution in [2.24, 2.45) is 17.1 Å². The van der Waals surface area contributed by atoms with Gasteiger partial charge >= 0.3 is 5.97 Å². The molecule has 0 heterocycles. The second kappa shape index (κ2) is 6.36. The number of rotatable bonds is 7. The first-order valence-corrected chi connectivity index (χ1v) is 6.29. The van der Waals surface area contributed by atoms with E-state index >= 15 is 0 Å². The molecule has 0 aromatic heterocycles. The van der Waals surface area contributed by atoms with E-state index in [1.165, 1.54) is 0 Å². The van der Waals surface area contributed by atoms with Crippen LogP contribution in [0.4, 0.5) is 0 Å². The molecular formula is C13H27NO3. The van der Waals surface area contributed by atoms with Gasteiger partial charge in [-0.25, -0.2) is 0 Å². The second-order valence-electron chi connectivity index (χ2n) is 5.55. The van der Waals surface area contributed by atoms with Crippen molar-refractivity contribution >= 4 is 5.97 Å². The predicted molar refractivity (Wildman–Crippen MR) is 68.5 cm³/mol. The number of hydrogen-bond donors (Lipinski definition) is 2. The summed E-state index contributed by atoms with van der Waals surface area (Å²) in [6.07, 6.45) is 1.07. The monoisotopic (exact) mass is 245 g/mol. The molecule has 4 heteroatoms. The molecule has 0 saturated carbocycles. The quantitative estimate of drug-likeness (QED) is 0.670. The van der Waals surface area contributed by atoms with E-state index in [1.807, 2.05) is 13.8 Å². The number of carbonyl (C=O) groups is 1. The van der Waals surface area contributed by atoms with Crippen LogP contribution in [0.3, 0.4) is 0 Å². The Morgan fingerprint density at radius 2 is 1.88 bits per heavy atom. The Morgan fingerprint density at radius 3 is 2.18 bits per heavy atom. The fourth-order valence-electron chi connectivity index (χ4n) is 1.85. The summed E-state index contributed by atoms with van der Waals surface area (Å²) >= 11 is 0. The van der Waals surface area contributed by atoms with E-state index in [9.17, 15) is 9.90 Å². The van der Waals surface area contributed by atoms with Gasteiger partial charge in [-0.3, -0.25) is 4.79 Å². The summed E-state index contributed by atoms with van der Waals surface area (Å²) < 4.78 is 5.12. The van der Waals surface area contributed by atoms with E-state index in [2.05, 4.69) is 0 Å². The fourth-order valence-corrected chi connectivity index (χ4v) is 1.85. The topological polar surface area (TPSA) is 72.5 Å². The van der Waals surface area contributed by atoms with E-state index < -0.39 is 11.0 Å². The Labute approximate surface area is 105 Å². The molecule has 4 nitrogen and oxygen atoms in total. The maximum atomic E-state index is 12.1. The number of esters is 1. The van der Waals surface area contributed by atoms with Crippen molar-refractivity contribution in [3.05, 3.63) is 0 Å². The van der Waals surface area contributed by atoms with Crippen LogP contribution in [-0.2, 0) is 9.53 Å². The normalized spacial score (nSPS) is 15.8. The minimum absolute atomic E-state index is 0.0916. The molecule has 0 aromatic carbocycles. The Bertz CT molecular complexity index is 246. The number of hydrogen-bond acceptors (Lipinski definition) is 4. The minimum Gasteiger partial charge on any atom is -0.466 e. The van der Waals surface area contributed by atoms with Crippen molar-refractivity contribution in [2.45, 2.75) is 53.1 Å². The molecule has 1 atom stereocenters. The summed E-state index contributed by atoms with van der Waals surface area (Å²) in [6.45, 7) is 9.80. The van der Waals surface area contributed by atoms with Gasteiger partial charge in [0.25, 0.3) is 0 Å². The minimum atomic E-state index is -0.790. The lowest BCUT2D eigenvalue weighted by molar-refractivity contribution is -0.159. The van der Waals surface area contributed by atoms with Crippen molar-refractivity contribution < 1.29 is 14.6 Å². The summed E-state index contributed by atoms with van der Waals surface area (Å²) in [5.41, 5.74) is 4.31. The zero-order valence-electron chi connectivity index (χ0n) is 11.7. The molecule has 0 radical (unpaired) electrons. The molecule has 0 rings (SSSR count). The van der Waals surface area contributed by atoms with Crippen LogP contribution in [0, 0.1) is 11.3 Å². The molecule has 0 aliphatic heterocycles. The summed E-state index contributed by atoms with van der Waals surface area (Å²) in [5, 5.41) is 9.78. The summed E-state index contributed by atoms with van der Waals surface area (Å²) in [4.78, 5) is 12.1. The third kappa shape index (κ3) is 4.64. The molecule has 0 fully saturated rings. The van der Waals surface area contributed by atoms with Crippen LogP contribution in [0.1, 0.15) is 47.5 Å². The fraction of sp³-hybridized carbons (Fsp3) is 0.923. The van der Waals surface area contributed by atoms with Crippen LogP contribution < -0.4 is 5.73 Å². The van der Waals surface area contributed by atoms with Crippen molar-refractivity contribution in [1.82, 2.24) is 0 Å². The molecule has 0 aliphatic carbocycles. The van der Waals surface area contributed by atoms with Gasteiger partial charge in [-0.1, -0.05) is 13.8 Å². The van der Waals surface area contributed by atoms with Gasteiger partial charge in [0.1, 0.15) is 0 Å². The Morgan fingerprint density at radius 1 is 1.35 bits per heavy atom. The standard InChI is InChI=1S/C13H27NO3/c1-6-17-11(15)13(9-14,10(2)3)8-7-12(4,5)16/h10,16H,6-9,14H2,1-5H3. The lowest BCUT2D eigenvalue weighted by Gasteiger charge is -2.35. The molecular weight excluding hydrogens is 218 g/mol. The van der Waals surface area contributed by atoms with E-state index in [0.717, 1.165) is 0 Å². The summed E-state index contributed by atoms with van der Waals surface area (Å²) in [6, 6.07) is 0. The van der Waals surface area contributed by atoms with Gasteiger partial charge in [0.15, 0.2) is 0 Å². The van der Waals surface area contributed by atoms with Crippen LogP contribution in [0.5, 0.6) is 0 Å². The van der Waals surface area contributed by atoms with Crippen molar-refractivity contribution in [3.63, 3.8) is 0 Å². The molecule has 0 aliphatic rings. The molecule has 0 saturated heterocycles. The third-order valence-corrected chi connectivity index (χ3v) is 3.33. The first-order chi connectivity index (χ1) is 7.69. The smallest absolute Gasteiger partial charge is 0.313 e. The van der Waals surface area contributed by atoms with Crippen LogP contribution in [0.2, 0.25) is 0 Å². The Balaban J connectivity index is 4.89. The predicted octanol–water partition coefficient (Wildman–Crippen LogP) is 1.70. The average Bonchev–Trinajstić information content (AvgIpc) is 2.17. The molecule has 0 bridgehead atoms. The van der Waals surface area contributed by atoms with Crippen LogP contribution in [0.25, 0.3) is 0 Å². The van der Waals surface area contributed by atoms with Gasteiger partial charge in [0, 0.05) is 6.54 Å². The highest BCUT2D eigenvalue weighted by atomic mass is 16.5. The zero-order valence-corrected chi connectivity index (χ0v) is 11.7. The highest BCUT2D eigenvalue weighted by Crippen LogP contribution is 2.35. The van der Waals surface area contributed by atoms with Gasteiger partial charge < -0.3 is 15.6 Å². The zero-order chi connectivity index (χ0) is 13.7. The van der Waals surface area contributed by atoms with E-state index in [-0.39, 0.29) is 18.4 Å². The maximum absolute atomic E-state index is 12.1. The van der Waals surface area contributed by atoms with Crippen molar-refractivity contribution in [1.29, 1.82) is 0 Å². The lowest BCUT2D eigenvalue weighted by Crippen LogP contribution is -2.45. The average molecular weight is 245 g/mol. The molecule has 0 amide bonds. The van der Waals surface area contributed by atoms with E-state index in [4.69, 9.17) is 10.5 Å². The largest absolute Gasteiger partial charge is 0.466 e. The summed E-state index contributed by atoms with van der Waals surface area (Å²) in [7, 11) is 0. The highest BCUT2D eigenvalue weighted by Gasteiger charge is 2.42. The van der Waals surface area contributed by atoms with Gasteiger partial charge in [-0.2, -0.15) is 0 Å². The van der Waals surface area contributed by atoms with E-state index in [1.54, 1.807) is 20.8 Å². The number of carbonyl (C=O) groups excluding carboxylic acids is 1. The third-order valence-electron chi connectivity index (χ3n) is 3.33. The summed E-state index contributed by atoms with van der Waals surface area (Å²) in [5.74, 6) is -0.157. The molecule has 0 aromatic rings. The van der Waals surface area contributed by atoms with Crippen molar-refractivity contribution in [2.75, 3.05) is 13.2 Å². The second-order valence-corrected chi connectivity index (χ2v) is 5.55. The Kier molecular flexibility index (Phi) is 6.13. The maximum Gasteiger partial charge on any atom is 0.313 e. The van der Waals surface area contributed by atoms with Gasteiger partial charge in [-0.05, 0) is 39.5 Å². The number of aliphatic hydroxyl groups is 1. The molecule has 1 unspecified atom stereocenters. The molecule has 0 spiro atoms. The Hall–Kier alpha value is -0.610. The van der Waals surface area contributed by atoms with E-state index in [0.29, 0.717) is 19.4 Å². The SMILES string of the molecule is CCOC(=O)C(CN)(CCC(C)(C)O)C(C)C. The lowest BCUT2D eigenvalue weighted by atomic mass is 9.72. The van der Waals surface area contributed by atoms with Crippen LogP contribution >= 0.6 is 0 Å². The van der Waals surface area contributed by atoms with Gasteiger partial charge in [0.2, 0.25) is 0 Å². The first kappa shape index (κ1) is 16.4. The van der Waals surface area contributed by atoms with Crippen LogP contribution in [-0.4, -0.2) is 29.8 Å². The number of ether oxygens (including phenoxy) is 1. The van der Waals surface area contributed by atoms with Gasteiger partial charge in [0.05, 0.1) is 17.6 Å². The molecule has 17 heavy (non-hydrogen) atoms.